The molecule has 0 fully saturated rings. The summed E-state index contributed by atoms with van der Waals surface area (Å²) < 4.78 is 11.3. The van der Waals surface area contributed by atoms with Crippen molar-refractivity contribution in [2.45, 2.75) is 13.5 Å². The van der Waals surface area contributed by atoms with Crippen LogP contribution in [0.3, 0.4) is 0 Å². The number of hydrogen-bond acceptors (Lipinski definition) is 4. The molecule has 0 aliphatic carbocycles. The van der Waals surface area contributed by atoms with Crippen LogP contribution in [0.25, 0.3) is 0 Å². The predicted molar refractivity (Wildman–Crippen MR) is 67.7 cm³/mol. The van der Waals surface area contributed by atoms with Gasteiger partial charge in [-0.15, -0.1) is 0 Å². The fourth-order valence-electron chi connectivity index (χ4n) is 1.55. The minimum absolute atomic E-state index is 0.0342. The first-order valence-electron chi connectivity index (χ1n) is 4.82. The maximum Gasteiger partial charge on any atom is 0.492 e. The fraction of sp³-hybridized carbons (Fsp3) is 0.300. The van der Waals surface area contributed by atoms with Gasteiger partial charge in [-0.25, -0.2) is 0 Å². The molecule has 0 aromatic heterocycles. The van der Waals surface area contributed by atoms with Gasteiger partial charge >= 0.3 is 7.12 Å². The molecule has 0 amide bonds. The minimum Gasteiger partial charge on any atom is -0.485 e. The summed E-state index contributed by atoms with van der Waals surface area (Å²) in [7, 11) is -0.886. The van der Waals surface area contributed by atoms with E-state index in [9.17, 15) is 9.82 Å². The molecule has 0 saturated carbocycles. The van der Waals surface area contributed by atoms with Gasteiger partial charge in [0.15, 0.2) is 5.78 Å². The van der Waals surface area contributed by atoms with Crippen LogP contribution in [0.5, 0.6) is 5.75 Å². The smallest absolute Gasteiger partial charge is 0.485 e. The summed E-state index contributed by atoms with van der Waals surface area (Å²) in [5.41, 5.74) is 1.72. The molecule has 1 aromatic carbocycles. The highest BCUT2D eigenvalue weighted by atomic mass is 127. The van der Waals surface area contributed by atoms with Crippen LogP contribution < -0.4 is 10.2 Å². The van der Waals surface area contributed by atoms with Crippen molar-refractivity contribution in [3.63, 3.8) is 0 Å². The summed E-state index contributed by atoms with van der Waals surface area (Å²) >= 11 is 2.09. The topological polar surface area (TPSA) is 55.8 Å². The first kappa shape index (κ1) is 11.9. The van der Waals surface area contributed by atoms with Crippen molar-refractivity contribution in [3.05, 3.63) is 21.3 Å². The SMILES string of the molecule is CC(=O)COc1ccc2c(c1I)B(O)OC2. The summed E-state index contributed by atoms with van der Waals surface area (Å²) in [6.45, 7) is 1.93. The van der Waals surface area contributed by atoms with Crippen LogP contribution in [-0.4, -0.2) is 24.5 Å². The molecule has 1 aliphatic rings. The van der Waals surface area contributed by atoms with Crippen LogP contribution >= 0.6 is 22.6 Å². The molecular weight excluding hydrogens is 322 g/mol. The third-order valence-corrected chi connectivity index (χ3v) is 3.42. The first-order chi connectivity index (χ1) is 7.59. The lowest BCUT2D eigenvalue weighted by Gasteiger charge is -2.09. The van der Waals surface area contributed by atoms with Gasteiger partial charge in [-0.3, -0.25) is 4.79 Å². The predicted octanol–water partition coefficient (Wildman–Crippen LogP) is 0.477. The molecule has 16 heavy (non-hydrogen) atoms. The highest BCUT2D eigenvalue weighted by Gasteiger charge is 2.31. The molecule has 1 heterocycles. The lowest BCUT2D eigenvalue weighted by molar-refractivity contribution is -0.118. The van der Waals surface area contributed by atoms with Gasteiger partial charge in [-0.05, 0) is 41.1 Å². The van der Waals surface area contributed by atoms with E-state index in [1.807, 2.05) is 6.07 Å². The van der Waals surface area contributed by atoms with Crippen molar-refractivity contribution in [2.24, 2.45) is 0 Å². The average molecular weight is 332 g/mol. The molecule has 0 bridgehead atoms. The summed E-state index contributed by atoms with van der Waals surface area (Å²) in [4.78, 5) is 10.8. The molecule has 1 aliphatic heterocycles. The Bertz CT molecular complexity index is 435. The van der Waals surface area contributed by atoms with E-state index in [-0.39, 0.29) is 12.4 Å². The van der Waals surface area contributed by atoms with Crippen LogP contribution in [0.1, 0.15) is 12.5 Å². The highest BCUT2D eigenvalue weighted by molar-refractivity contribution is 14.1. The number of rotatable bonds is 3. The Morgan fingerprint density at radius 2 is 2.44 bits per heavy atom. The maximum atomic E-state index is 10.8. The molecule has 0 radical (unpaired) electrons. The van der Waals surface area contributed by atoms with Crippen molar-refractivity contribution in [2.75, 3.05) is 6.61 Å². The quantitative estimate of drug-likeness (QED) is 0.646. The molecule has 1 N–H and O–H groups in total. The number of ether oxygens (including phenoxy) is 1. The number of ketones is 1. The van der Waals surface area contributed by atoms with Crippen molar-refractivity contribution < 1.29 is 19.2 Å². The van der Waals surface area contributed by atoms with Crippen molar-refractivity contribution in [1.29, 1.82) is 0 Å². The summed E-state index contributed by atoms with van der Waals surface area (Å²) in [6, 6.07) is 3.65. The van der Waals surface area contributed by atoms with Gasteiger partial charge in [0.25, 0.3) is 0 Å². The second kappa shape index (κ2) is 4.73. The van der Waals surface area contributed by atoms with Crippen LogP contribution in [0.15, 0.2) is 12.1 Å². The standard InChI is InChI=1S/C10H10BIO4/c1-6(13)4-15-8-3-2-7-5-16-11(14)9(7)10(8)12/h2-3,14H,4-5H2,1H3. The second-order valence-corrected chi connectivity index (χ2v) is 4.68. The summed E-state index contributed by atoms with van der Waals surface area (Å²) in [5.74, 6) is 0.576. The second-order valence-electron chi connectivity index (χ2n) is 3.60. The average Bonchev–Trinajstić information content (AvgIpc) is 2.60. The van der Waals surface area contributed by atoms with Gasteiger partial charge in [0.2, 0.25) is 0 Å². The van der Waals surface area contributed by atoms with E-state index in [4.69, 9.17) is 9.39 Å². The monoisotopic (exact) mass is 332 g/mol. The Labute approximate surface area is 107 Å². The molecule has 6 heteroatoms. The van der Waals surface area contributed by atoms with Gasteiger partial charge < -0.3 is 14.4 Å². The van der Waals surface area contributed by atoms with E-state index < -0.39 is 7.12 Å². The Morgan fingerprint density at radius 1 is 1.69 bits per heavy atom. The molecule has 0 atom stereocenters. The zero-order chi connectivity index (χ0) is 11.7. The minimum atomic E-state index is -0.886. The van der Waals surface area contributed by atoms with E-state index >= 15 is 0 Å². The third-order valence-electron chi connectivity index (χ3n) is 2.31. The Balaban J connectivity index is 2.28. The van der Waals surface area contributed by atoms with E-state index in [1.165, 1.54) is 6.92 Å². The number of fused-ring (bicyclic) bond motifs is 1. The number of carbonyl (C=O) groups excluding carboxylic acids is 1. The molecule has 0 unspecified atom stereocenters. The van der Waals surface area contributed by atoms with Crippen LogP contribution in [0.2, 0.25) is 0 Å². The zero-order valence-electron chi connectivity index (χ0n) is 8.70. The molecule has 1 aromatic rings. The molecule has 84 valence electrons. The lowest BCUT2D eigenvalue weighted by atomic mass is 9.79. The van der Waals surface area contributed by atoms with Gasteiger partial charge in [0.1, 0.15) is 12.4 Å². The van der Waals surface area contributed by atoms with E-state index in [0.717, 1.165) is 14.6 Å². The van der Waals surface area contributed by atoms with Gasteiger partial charge in [0.05, 0.1) is 10.2 Å². The molecular formula is C10H10BIO4. The van der Waals surface area contributed by atoms with Crippen molar-refractivity contribution >= 4 is 41.0 Å². The number of benzene rings is 1. The van der Waals surface area contributed by atoms with Gasteiger partial charge in [0, 0.05) is 5.46 Å². The molecule has 0 spiro atoms. The van der Waals surface area contributed by atoms with Crippen LogP contribution in [0.4, 0.5) is 0 Å². The largest absolute Gasteiger partial charge is 0.492 e. The van der Waals surface area contributed by atoms with Crippen LogP contribution in [-0.2, 0) is 16.1 Å². The highest BCUT2D eigenvalue weighted by Crippen LogP contribution is 2.24. The third kappa shape index (κ3) is 2.23. The number of halogens is 1. The zero-order valence-corrected chi connectivity index (χ0v) is 10.9. The number of Topliss-reactive ketones (excluding diaryl/α,β-unsaturated/α-hetero) is 1. The Hall–Kier alpha value is -0.595. The number of carbonyl (C=O) groups is 1. The Morgan fingerprint density at radius 3 is 3.12 bits per heavy atom. The molecule has 2 rings (SSSR count). The van der Waals surface area contributed by atoms with Crippen molar-refractivity contribution in [1.82, 2.24) is 0 Å². The van der Waals surface area contributed by atoms with Gasteiger partial charge in [-0.1, -0.05) is 6.07 Å². The van der Waals surface area contributed by atoms with E-state index in [1.54, 1.807) is 6.07 Å². The van der Waals surface area contributed by atoms with E-state index in [2.05, 4.69) is 22.6 Å². The first-order valence-corrected chi connectivity index (χ1v) is 5.90. The fourth-order valence-corrected chi connectivity index (χ4v) is 2.50. The summed E-state index contributed by atoms with van der Waals surface area (Å²) in [5, 5.41) is 9.61. The summed E-state index contributed by atoms with van der Waals surface area (Å²) in [6.07, 6.45) is 0. The normalized spacial score (nSPS) is 13.8. The number of hydrogen-bond donors (Lipinski definition) is 1. The molecule has 4 nitrogen and oxygen atoms in total. The Kier molecular flexibility index (Phi) is 3.51. The van der Waals surface area contributed by atoms with Crippen molar-refractivity contribution in [3.8, 4) is 5.75 Å². The molecule has 0 saturated heterocycles. The maximum absolute atomic E-state index is 10.8. The van der Waals surface area contributed by atoms with Gasteiger partial charge in [-0.2, -0.15) is 0 Å². The lowest BCUT2D eigenvalue weighted by Crippen LogP contribution is -2.31. The van der Waals surface area contributed by atoms with Crippen LogP contribution in [0, 0.1) is 3.57 Å². The van der Waals surface area contributed by atoms with E-state index in [0.29, 0.717) is 12.4 Å².